The van der Waals surface area contributed by atoms with Crippen LogP contribution in [0.5, 0.6) is 0 Å². The minimum absolute atomic E-state index is 0.189. The van der Waals surface area contributed by atoms with E-state index in [1.165, 1.54) is 6.33 Å². The summed E-state index contributed by atoms with van der Waals surface area (Å²) < 4.78 is 5.36. The maximum absolute atomic E-state index is 12.1. The van der Waals surface area contributed by atoms with Crippen LogP contribution in [0.2, 0.25) is 0 Å². The van der Waals surface area contributed by atoms with Crippen LogP contribution in [0, 0.1) is 0 Å². The summed E-state index contributed by atoms with van der Waals surface area (Å²) in [6.45, 7) is 7.80. The van der Waals surface area contributed by atoms with Gasteiger partial charge >= 0.3 is 6.09 Å². The van der Waals surface area contributed by atoms with Gasteiger partial charge in [-0.1, -0.05) is 0 Å². The summed E-state index contributed by atoms with van der Waals surface area (Å²) in [4.78, 5) is 32.3. The predicted octanol–water partition coefficient (Wildman–Crippen LogP) is 1.62. The molecule has 104 valence electrons. The third-order valence-corrected chi connectivity index (χ3v) is 3.07. The van der Waals surface area contributed by atoms with E-state index in [0.29, 0.717) is 18.5 Å². The molecule has 6 nitrogen and oxygen atoms in total. The molecule has 0 bridgehead atoms. The van der Waals surface area contributed by atoms with Crippen molar-refractivity contribution < 1.29 is 9.53 Å². The molecule has 0 fully saturated rings. The molecule has 2 heterocycles. The molecule has 0 radical (unpaired) electrons. The van der Waals surface area contributed by atoms with Crippen molar-refractivity contribution in [3.8, 4) is 0 Å². The quantitative estimate of drug-likeness (QED) is 0.773. The molecule has 1 atom stereocenters. The van der Waals surface area contributed by atoms with Crippen molar-refractivity contribution >= 4 is 6.09 Å². The van der Waals surface area contributed by atoms with Crippen molar-refractivity contribution in [2.45, 2.75) is 45.8 Å². The number of amides is 1. The Balaban J connectivity index is 2.27. The molecule has 0 saturated heterocycles. The van der Waals surface area contributed by atoms with Gasteiger partial charge in [0.2, 0.25) is 0 Å². The highest BCUT2D eigenvalue weighted by Gasteiger charge is 2.33. The normalized spacial score (nSPS) is 18.9. The monoisotopic (exact) mass is 265 g/mol. The Kier molecular flexibility index (Phi) is 3.34. The van der Waals surface area contributed by atoms with E-state index in [9.17, 15) is 9.59 Å². The number of aromatic amines is 1. The predicted molar refractivity (Wildman–Crippen MR) is 69.9 cm³/mol. The van der Waals surface area contributed by atoms with Crippen molar-refractivity contribution in [3.63, 3.8) is 0 Å². The highest BCUT2D eigenvalue weighted by molar-refractivity contribution is 5.69. The Hall–Kier alpha value is -1.85. The van der Waals surface area contributed by atoms with Crippen LogP contribution in [0.3, 0.4) is 0 Å². The molecule has 1 unspecified atom stereocenters. The topological polar surface area (TPSA) is 75.3 Å². The van der Waals surface area contributed by atoms with Crippen molar-refractivity contribution in [2.75, 3.05) is 6.54 Å². The summed E-state index contributed by atoms with van der Waals surface area (Å²) in [6, 6.07) is -0.323. The van der Waals surface area contributed by atoms with Gasteiger partial charge in [0.1, 0.15) is 5.60 Å². The zero-order chi connectivity index (χ0) is 14.2. The maximum Gasteiger partial charge on any atom is 0.410 e. The van der Waals surface area contributed by atoms with Crippen LogP contribution in [0.25, 0.3) is 0 Å². The Morgan fingerprint density at radius 1 is 1.53 bits per heavy atom. The van der Waals surface area contributed by atoms with Crippen molar-refractivity contribution in [2.24, 2.45) is 0 Å². The number of H-pyrrole nitrogens is 1. The van der Waals surface area contributed by atoms with Crippen LogP contribution in [0.4, 0.5) is 4.79 Å². The first-order valence-corrected chi connectivity index (χ1v) is 6.35. The number of carbonyl (C=O) groups excluding carboxylic acids is 1. The lowest BCUT2D eigenvalue weighted by Gasteiger charge is -2.35. The summed E-state index contributed by atoms with van der Waals surface area (Å²) in [6.07, 6.45) is 1.58. The van der Waals surface area contributed by atoms with Crippen LogP contribution >= 0.6 is 0 Å². The zero-order valence-corrected chi connectivity index (χ0v) is 11.7. The number of ether oxygens (including phenoxy) is 1. The molecule has 2 rings (SSSR count). The van der Waals surface area contributed by atoms with Crippen molar-refractivity contribution in [3.05, 3.63) is 27.9 Å². The van der Waals surface area contributed by atoms with Crippen molar-refractivity contribution in [1.82, 2.24) is 14.9 Å². The number of hydrogen-bond acceptors (Lipinski definition) is 4. The average molecular weight is 265 g/mol. The SMILES string of the molecule is CC1c2c(nc[nH]c2=O)CCN1C(=O)OC(C)(C)C. The van der Waals surface area contributed by atoms with Gasteiger partial charge in [0.05, 0.1) is 23.6 Å². The summed E-state index contributed by atoms with van der Waals surface area (Å²) >= 11 is 0. The number of nitrogens with zero attached hydrogens (tertiary/aromatic N) is 2. The molecule has 1 aromatic heterocycles. The van der Waals surface area contributed by atoms with E-state index in [4.69, 9.17) is 4.74 Å². The van der Waals surface area contributed by atoms with Gasteiger partial charge in [-0.2, -0.15) is 0 Å². The van der Waals surface area contributed by atoms with Crippen LogP contribution < -0.4 is 5.56 Å². The fraction of sp³-hybridized carbons (Fsp3) is 0.615. The van der Waals surface area contributed by atoms with Gasteiger partial charge in [0.25, 0.3) is 5.56 Å². The minimum Gasteiger partial charge on any atom is -0.444 e. The van der Waals surface area contributed by atoms with Crippen molar-refractivity contribution in [1.29, 1.82) is 0 Å². The van der Waals surface area contributed by atoms with E-state index in [0.717, 1.165) is 5.69 Å². The number of nitrogens with one attached hydrogen (secondary N) is 1. The summed E-state index contributed by atoms with van der Waals surface area (Å²) in [7, 11) is 0. The van der Waals surface area contributed by atoms with Gasteiger partial charge in [-0.25, -0.2) is 9.78 Å². The van der Waals surface area contributed by atoms with Gasteiger partial charge < -0.3 is 14.6 Å². The molecule has 1 aliphatic rings. The summed E-state index contributed by atoms with van der Waals surface area (Å²) in [5, 5.41) is 0. The second-order valence-electron chi connectivity index (χ2n) is 5.69. The molecule has 1 amide bonds. The molecule has 6 heteroatoms. The second kappa shape index (κ2) is 4.68. The molecule has 0 saturated carbocycles. The first-order valence-electron chi connectivity index (χ1n) is 6.35. The van der Waals surface area contributed by atoms with E-state index in [-0.39, 0.29) is 11.6 Å². The van der Waals surface area contributed by atoms with Crippen LogP contribution in [0.15, 0.2) is 11.1 Å². The average Bonchev–Trinajstić information content (AvgIpc) is 2.26. The highest BCUT2D eigenvalue weighted by Crippen LogP contribution is 2.26. The maximum atomic E-state index is 12.1. The van der Waals surface area contributed by atoms with E-state index in [1.807, 2.05) is 27.7 Å². The standard InChI is InChI=1S/C13H19N3O3/c1-8-10-9(14-7-15-11(10)17)5-6-16(8)12(18)19-13(2,3)4/h7-8H,5-6H2,1-4H3,(H,14,15,17). The molecule has 1 N–H and O–H groups in total. The molecule has 1 aliphatic heterocycles. The molecular weight excluding hydrogens is 246 g/mol. The molecule has 0 aromatic carbocycles. The van der Waals surface area contributed by atoms with E-state index in [1.54, 1.807) is 4.90 Å². The first-order chi connectivity index (χ1) is 8.79. The number of aromatic nitrogens is 2. The lowest BCUT2D eigenvalue weighted by atomic mass is 10.00. The minimum atomic E-state index is -0.543. The lowest BCUT2D eigenvalue weighted by Crippen LogP contribution is -2.44. The molecule has 0 aliphatic carbocycles. The summed E-state index contributed by atoms with van der Waals surface area (Å²) in [5.74, 6) is 0. The smallest absolute Gasteiger partial charge is 0.410 e. The highest BCUT2D eigenvalue weighted by atomic mass is 16.6. The molecule has 0 spiro atoms. The Morgan fingerprint density at radius 2 is 2.21 bits per heavy atom. The van der Waals surface area contributed by atoms with Gasteiger partial charge in [0, 0.05) is 13.0 Å². The van der Waals surface area contributed by atoms with Gasteiger partial charge in [0.15, 0.2) is 0 Å². The number of fused-ring (bicyclic) bond motifs is 1. The second-order valence-corrected chi connectivity index (χ2v) is 5.69. The third-order valence-electron chi connectivity index (χ3n) is 3.07. The van der Waals surface area contributed by atoms with Gasteiger partial charge in [-0.3, -0.25) is 4.79 Å². The first kappa shape index (κ1) is 13.6. The van der Waals surface area contributed by atoms with Gasteiger partial charge in [-0.15, -0.1) is 0 Å². The van der Waals surface area contributed by atoms with Crippen LogP contribution in [-0.2, 0) is 11.2 Å². The molecule has 1 aromatic rings. The number of hydrogen-bond donors (Lipinski definition) is 1. The Bertz CT molecular complexity index is 545. The number of carbonyl (C=O) groups is 1. The Morgan fingerprint density at radius 3 is 2.84 bits per heavy atom. The zero-order valence-electron chi connectivity index (χ0n) is 11.7. The van der Waals surface area contributed by atoms with E-state index >= 15 is 0 Å². The summed E-state index contributed by atoms with van der Waals surface area (Å²) in [5.41, 5.74) is 0.583. The van der Waals surface area contributed by atoms with Crippen LogP contribution in [-0.4, -0.2) is 33.1 Å². The van der Waals surface area contributed by atoms with Crippen LogP contribution in [0.1, 0.15) is 45.0 Å². The number of rotatable bonds is 0. The fourth-order valence-corrected chi connectivity index (χ4v) is 2.22. The van der Waals surface area contributed by atoms with E-state index in [2.05, 4.69) is 9.97 Å². The molecule has 19 heavy (non-hydrogen) atoms. The third kappa shape index (κ3) is 2.77. The fourth-order valence-electron chi connectivity index (χ4n) is 2.22. The molecular formula is C13H19N3O3. The largest absolute Gasteiger partial charge is 0.444 e. The lowest BCUT2D eigenvalue weighted by molar-refractivity contribution is 0.0156. The van der Waals surface area contributed by atoms with Gasteiger partial charge in [-0.05, 0) is 27.7 Å². The van der Waals surface area contributed by atoms with E-state index < -0.39 is 11.7 Å². The Labute approximate surface area is 111 Å².